The number of nitrogens with zero attached hydrogens (tertiary/aromatic N) is 1. The summed E-state index contributed by atoms with van der Waals surface area (Å²) in [7, 11) is 7.27. The lowest BCUT2D eigenvalue weighted by atomic mass is 9.90. The number of hydrogen-bond donors (Lipinski definition) is 0. The largest absolute Gasteiger partial charge is 0.312 e. The highest BCUT2D eigenvalue weighted by Gasteiger charge is 2.08. The molecule has 2 nitrogen and oxygen atoms in total. The van der Waals surface area contributed by atoms with Gasteiger partial charge in [-0.3, -0.25) is 4.79 Å². The van der Waals surface area contributed by atoms with E-state index in [1.807, 2.05) is 0 Å². The van der Waals surface area contributed by atoms with Crippen LogP contribution in [0.25, 0.3) is 10.9 Å². The van der Waals surface area contributed by atoms with Gasteiger partial charge in [0.25, 0.3) is 0 Å². The lowest BCUT2D eigenvalue weighted by Gasteiger charge is -2.10. The number of halogens is 1. The molecular formula is C11H9BFNO. The molecule has 0 spiro atoms. The molecule has 15 heavy (non-hydrogen) atoms. The third-order valence-corrected chi connectivity index (χ3v) is 2.66. The van der Waals surface area contributed by atoms with Gasteiger partial charge in [0.05, 0.1) is 5.52 Å². The van der Waals surface area contributed by atoms with E-state index in [1.54, 1.807) is 20.0 Å². The molecule has 1 aromatic heterocycles. The van der Waals surface area contributed by atoms with Crippen molar-refractivity contribution in [3.8, 4) is 0 Å². The van der Waals surface area contributed by atoms with Gasteiger partial charge in [-0.2, -0.15) is 0 Å². The number of pyridine rings is 1. The lowest BCUT2D eigenvalue weighted by molar-refractivity contribution is 0.629. The van der Waals surface area contributed by atoms with Crippen LogP contribution in [0.15, 0.2) is 23.0 Å². The molecule has 0 amide bonds. The molecule has 1 aromatic carbocycles. The molecule has 0 N–H and O–H groups in total. The highest BCUT2D eigenvalue weighted by atomic mass is 19.1. The first-order chi connectivity index (χ1) is 7.02. The van der Waals surface area contributed by atoms with E-state index in [9.17, 15) is 9.18 Å². The Morgan fingerprint density at radius 1 is 1.40 bits per heavy atom. The van der Waals surface area contributed by atoms with Crippen LogP contribution >= 0.6 is 0 Å². The van der Waals surface area contributed by atoms with Crippen molar-refractivity contribution in [2.75, 3.05) is 0 Å². The van der Waals surface area contributed by atoms with Crippen LogP contribution in [0.4, 0.5) is 4.39 Å². The van der Waals surface area contributed by atoms with Crippen LogP contribution < -0.4 is 11.0 Å². The molecule has 0 saturated heterocycles. The summed E-state index contributed by atoms with van der Waals surface area (Å²) < 4.78 is 14.5. The molecule has 2 rings (SSSR count). The lowest BCUT2D eigenvalue weighted by Crippen LogP contribution is -2.35. The summed E-state index contributed by atoms with van der Waals surface area (Å²) in [5, 5.41) is 0.676. The fourth-order valence-corrected chi connectivity index (χ4v) is 1.70. The number of benzene rings is 1. The molecule has 4 heteroatoms. The molecule has 0 aliphatic rings. The fourth-order valence-electron chi connectivity index (χ4n) is 1.70. The first kappa shape index (κ1) is 9.96. The number of aryl methyl sites for hydroxylation is 2. The zero-order chi connectivity index (χ0) is 11.2. The minimum absolute atomic E-state index is 0.176. The minimum Gasteiger partial charge on any atom is -0.312 e. The Bertz CT molecular complexity index is 604. The van der Waals surface area contributed by atoms with E-state index in [2.05, 4.69) is 0 Å². The molecule has 0 aliphatic heterocycles. The van der Waals surface area contributed by atoms with Crippen molar-refractivity contribution >= 4 is 24.2 Å². The summed E-state index contributed by atoms with van der Waals surface area (Å²) in [4.78, 5) is 11.6. The normalized spacial score (nSPS) is 10.9. The average Bonchev–Trinajstić information content (AvgIpc) is 2.23. The number of aromatic nitrogens is 1. The third kappa shape index (κ3) is 1.37. The van der Waals surface area contributed by atoms with Gasteiger partial charge in [0.2, 0.25) is 5.56 Å². The van der Waals surface area contributed by atoms with E-state index in [1.165, 1.54) is 16.7 Å². The zero-order valence-corrected chi connectivity index (χ0v) is 8.54. The highest BCUT2D eigenvalue weighted by Crippen LogP contribution is 2.15. The van der Waals surface area contributed by atoms with Gasteiger partial charge >= 0.3 is 0 Å². The second-order valence-corrected chi connectivity index (χ2v) is 3.56. The van der Waals surface area contributed by atoms with Crippen LogP contribution in [-0.4, -0.2) is 12.4 Å². The molecule has 0 fully saturated rings. The van der Waals surface area contributed by atoms with E-state index >= 15 is 0 Å². The smallest absolute Gasteiger partial charge is 0.243 e. The Morgan fingerprint density at radius 3 is 2.73 bits per heavy atom. The summed E-state index contributed by atoms with van der Waals surface area (Å²) in [6, 6.07) is 4.30. The number of rotatable bonds is 0. The first-order valence-corrected chi connectivity index (χ1v) is 4.56. The molecule has 0 atom stereocenters. The predicted octanol–water partition coefficient (Wildman–Crippen LogP) is 0.780. The summed E-state index contributed by atoms with van der Waals surface area (Å²) in [5.74, 6) is -0.330. The molecule has 2 aromatic rings. The van der Waals surface area contributed by atoms with Crippen LogP contribution in [0.5, 0.6) is 0 Å². The van der Waals surface area contributed by atoms with E-state index in [4.69, 9.17) is 7.85 Å². The Hall–Kier alpha value is -1.58. The second-order valence-electron chi connectivity index (χ2n) is 3.56. The van der Waals surface area contributed by atoms with Crippen LogP contribution in [-0.2, 0) is 7.05 Å². The Balaban J connectivity index is 3.07. The molecule has 1 heterocycles. The maximum Gasteiger partial charge on any atom is 0.243 e. The van der Waals surface area contributed by atoms with Gasteiger partial charge in [-0.15, -0.1) is 0 Å². The summed E-state index contributed by atoms with van der Waals surface area (Å²) in [5.41, 5.74) is 1.25. The fraction of sp³-hybridized carbons (Fsp3) is 0.182. The van der Waals surface area contributed by atoms with Gasteiger partial charge in [-0.1, -0.05) is 0 Å². The van der Waals surface area contributed by atoms with Gasteiger partial charge < -0.3 is 4.57 Å². The summed E-state index contributed by atoms with van der Waals surface area (Å²) in [6.07, 6.45) is 0. The van der Waals surface area contributed by atoms with E-state index in [-0.39, 0.29) is 16.8 Å². The van der Waals surface area contributed by atoms with Gasteiger partial charge in [-0.05, 0) is 36.1 Å². The topological polar surface area (TPSA) is 22.0 Å². The maximum absolute atomic E-state index is 13.1. The minimum atomic E-state index is -0.330. The Morgan fingerprint density at radius 2 is 2.07 bits per heavy atom. The van der Waals surface area contributed by atoms with Crippen molar-refractivity contribution in [2.45, 2.75) is 6.92 Å². The standard InChI is InChI=1S/C11H9BFNO/c1-6-8-5-7(13)3-4-9(8)14(2)11(15)10(6)12/h3-5H,1-2H3. The number of hydrogen-bond acceptors (Lipinski definition) is 1. The van der Waals surface area contributed by atoms with Crippen molar-refractivity contribution in [3.63, 3.8) is 0 Å². The number of fused-ring (bicyclic) bond motifs is 1. The van der Waals surface area contributed by atoms with Crippen molar-refractivity contribution in [2.24, 2.45) is 7.05 Å². The van der Waals surface area contributed by atoms with E-state index in [0.29, 0.717) is 16.5 Å². The molecule has 0 aliphatic carbocycles. The quantitative estimate of drug-likeness (QED) is 0.577. The predicted molar refractivity (Wildman–Crippen MR) is 59.3 cm³/mol. The summed E-state index contributed by atoms with van der Waals surface area (Å²) in [6.45, 7) is 1.72. The molecular weight excluding hydrogens is 192 g/mol. The average molecular weight is 201 g/mol. The molecule has 74 valence electrons. The van der Waals surface area contributed by atoms with Gasteiger partial charge in [0.1, 0.15) is 13.7 Å². The monoisotopic (exact) mass is 201 g/mol. The van der Waals surface area contributed by atoms with Gasteiger partial charge in [0.15, 0.2) is 0 Å². The Labute approximate surface area is 87.8 Å². The molecule has 0 saturated carbocycles. The van der Waals surface area contributed by atoms with Crippen molar-refractivity contribution in [1.29, 1.82) is 0 Å². The molecule has 2 radical (unpaired) electrons. The van der Waals surface area contributed by atoms with Gasteiger partial charge in [0, 0.05) is 12.4 Å². The third-order valence-electron chi connectivity index (χ3n) is 2.66. The zero-order valence-electron chi connectivity index (χ0n) is 8.54. The van der Waals surface area contributed by atoms with Crippen molar-refractivity contribution < 1.29 is 4.39 Å². The SMILES string of the molecule is [B]c1c(C)c2cc(F)ccc2n(C)c1=O. The first-order valence-electron chi connectivity index (χ1n) is 4.56. The van der Waals surface area contributed by atoms with E-state index < -0.39 is 0 Å². The van der Waals surface area contributed by atoms with E-state index in [0.717, 1.165) is 0 Å². The van der Waals surface area contributed by atoms with Crippen LogP contribution in [0.1, 0.15) is 5.56 Å². The van der Waals surface area contributed by atoms with Gasteiger partial charge in [-0.25, -0.2) is 4.39 Å². The van der Waals surface area contributed by atoms with Crippen LogP contribution in [0.3, 0.4) is 0 Å². The summed E-state index contributed by atoms with van der Waals surface area (Å²) >= 11 is 0. The highest BCUT2D eigenvalue weighted by molar-refractivity contribution is 6.34. The maximum atomic E-state index is 13.1. The van der Waals surface area contributed by atoms with Crippen molar-refractivity contribution in [1.82, 2.24) is 4.57 Å². The molecule has 0 unspecified atom stereocenters. The van der Waals surface area contributed by atoms with Crippen LogP contribution in [0.2, 0.25) is 0 Å². The van der Waals surface area contributed by atoms with Crippen LogP contribution in [0, 0.1) is 12.7 Å². The van der Waals surface area contributed by atoms with Crippen molar-refractivity contribution in [3.05, 3.63) is 39.9 Å². The molecule has 0 bridgehead atoms. The second kappa shape index (κ2) is 3.23. The Kier molecular flexibility index (Phi) is 2.14.